The third-order valence-corrected chi connectivity index (χ3v) is 2.61. The summed E-state index contributed by atoms with van der Waals surface area (Å²) in [6.45, 7) is 1.77. The van der Waals surface area contributed by atoms with Crippen molar-refractivity contribution in [3.63, 3.8) is 0 Å². The molecule has 1 amide bonds. The second-order valence-corrected chi connectivity index (χ2v) is 4.23. The van der Waals surface area contributed by atoms with E-state index in [4.69, 9.17) is 15.7 Å². The third-order valence-electron chi connectivity index (χ3n) is 2.61. The van der Waals surface area contributed by atoms with Crippen LogP contribution >= 0.6 is 0 Å². The summed E-state index contributed by atoms with van der Waals surface area (Å²) in [6, 6.07) is 8.95. The Morgan fingerprint density at radius 2 is 2.11 bits per heavy atom. The third kappa shape index (κ3) is 4.59. The molecule has 0 aliphatic rings. The van der Waals surface area contributed by atoms with Gasteiger partial charge in [-0.2, -0.15) is 0 Å². The molecule has 1 aromatic rings. The van der Waals surface area contributed by atoms with Crippen LogP contribution in [0.15, 0.2) is 35.5 Å². The van der Waals surface area contributed by atoms with E-state index >= 15 is 0 Å². The number of ether oxygens (including phenoxy) is 1. The summed E-state index contributed by atoms with van der Waals surface area (Å²) >= 11 is 0. The normalized spacial score (nSPS) is 14.7. The van der Waals surface area contributed by atoms with Gasteiger partial charge in [0, 0.05) is 19.6 Å². The van der Waals surface area contributed by atoms with Gasteiger partial charge in [0.2, 0.25) is 0 Å². The Morgan fingerprint density at radius 1 is 1.47 bits per heavy atom. The smallest absolute Gasteiger partial charge is 0.253 e. The van der Waals surface area contributed by atoms with Crippen molar-refractivity contribution in [3.05, 3.63) is 35.9 Å². The van der Waals surface area contributed by atoms with E-state index in [2.05, 4.69) is 10.5 Å². The van der Waals surface area contributed by atoms with Crippen LogP contribution in [0.25, 0.3) is 0 Å². The fourth-order valence-electron chi connectivity index (χ4n) is 1.75. The number of hydrogen-bond acceptors (Lipinski definition) is 4. The first-order chi connectivity index (χ1) is 9.08. The average Bonchev–Trinajstić information content (AvgIpc) is 2.40. The van der Waals surface area contributed by atoms with Crippen molar-refractivity contribution in [1.29, 1.82) is 0 Å². The standard InChI is InChI=1S/C13H19N3O3/c1-9(8-11(14)16-18)15-13(17)12(19-2)10-6-4-3-5-7-10/h3-7,9,12,18H,8H2,1-2H3,(H2,14,16)(H,15,17). The molecule has 4 N–H and O–H groups in total. The van der Waals surface area contributed by atoms with Crippen molar-refractivity contribution < 1.29 is 14.7 Å². The maximum Gasteiger partial charge on any atom is 0.253 e. The molecule has 1 rings (SSSR count). The number of carbonyl (C=O) groups excluding carboxylic acids is 1. The second kappa shape index (κ2) is 7.38. The Labute approximate surface area is 112 Å². The molecule has 0 radical (unpaired) electrons. The van der Waals surface area contributed by atoms with Crippen molar-refractivity contribution >= 4 is 11.7 Å². The molecule has 19 heavy (non-hydrogen) atoms. The summed E-state index contributed by atoms with van der Waals surface area (Å²) < 4.78 is 5.21. The van der Waals surface area contributed by atoms with Gasteiger partial charge in [-0.25, -0.2) is 0 Å². The van der Waals surface area contributed by atoms with Crippen LogP contribution in [0.3, 0.4) is 0 Å². The van der Waals surface area contributed by atoms with Crippen LogP contribution < -0.4 is 11.1 Å². The number of nitrogens with two attached hydrogens (primary N) is 1. The number of methoxy groups -OCH3 is 1. The number of benzene rings is 1. The molecule has 0 spiro atoms. The van der Waals surface area contributed by atoms with E-state index in [0.717, 1.165) is 5.56 Å². The van der Waals surface area contributed by atoms with Gasteiger partial charge >= 0.3 is 0 Å². The Kier molecular flexibility index (Phi) is 5.81. The Balaban J connectivity index is 2.65. The molecule has 1 aromatic carbocycles. The molecule has 2 atom stereocenters. The first-order valence-corrected chi connectivity index (χ1v) is 5.93. The predicted molar refractivity (Wildman–Crippen MR) is 71.8 cm³/mol. The highest BCUT2D eigenvalue weighted by molar-refractivity contribution is 5.84. The molecule has 0 heterocycles. The fraction of sp³-hybridized carbons (Fsp3) is 0.385. The number of carbonyl (C=O) groups is 1. The summed E-state index contributed by atoms with van der Waals surface area (Å²) in [5.74, 6) is -0.187. The molecule has 0 bridgehead atoms. The van der Waals surface area contributed by atoms with Gasteiger partial charge in [0.25, 0.3) is 5.91 Å². The quantitative estimate of drug-likeness (QED) is 0.309. The molecule has 0 saturated carbocycles. The fourth-order valence-corrected chi connectivity index (χ4v) is 1.75. The Morgan fingerprint density at radius 3 is 2.63 bits per heavy atom. The number of rotatable bonds is 6. The number of oxime groups is 1. The first kappa shape index (κ1) is 15.0. The SMILES string of the molecule is COC(C(=O)NC(C)CC(N)=NO)c1ccccc1. The van der Waals surface area contributed by atoms with Gasteiger partial charge in [-0.15, -0.1) is 0 Å². The number of nitrogens with zero attached hydrogens (tertiary/aromatic N) is 1. The average molecular weight is 265 g/mol. The van der Waals surface area contributed by atoms with Gasteiger partial charge < -0.3 is 21.0 Å². The van der Waals surface area contributed by atoms with E-state index in [1.54, 1.807) is 6.92 Å². The summed E-state index contributed by atoms with van der Waals surface area (Å²) in [4.78, 5) is 12.1. The topological polar surface area (TPSA) is 96.9 Å². The van der Waals surface area contributed by atoms with Crippen LogP contribution in [0.5, 0.6) is 0 Å². The Hall–Kier alpha value is -2.08. The van der Waals surface area contributed by atoms with E-state index in [9.17, 15) is 4.79 Å². The van der Waals surface area contributed by atoms with Crippen LogP contribution in [0.2, 0.25) is 0 Å². The highest BCUT2D eigenvalue weighted by Gasteiger charge is 2.21. The number of hydrogen-bond donors (Lipinski definition) is 3. The summed E-state index contributed by atoms with van der Waals surface area (Å²) in [6.07, 6.45) is -0.399. The number of amides is 1. The highest BCUT2D eigenvalue weighted by atomic mass is 16.5. The zero-order chi connectivity index (χ0) is 14.3. The van der Waals surface area contributed by atoms with Crippen LogP contribution in [-0.4, -0.2) is 30.1 Å². The van der Waals surface area contributed by atoms with E-state index in [0.29, 0.717) is 0 Å². The van der Waals surface area contributed by atoms with Crippen molar-refractivity contribution in [1.82, 2.24) is 5.32 Å². The maximum atomic E-state index is 12.1. The molecule has 104 valence electrons. The molecule has 0 fully saturated rings. The predicted octanol–water partition coefficient (Wildman–Crippen LogP) is 1.02. The van der Waals surface area contributed by atoms with Crippen LogP contribution in [-0.2, 0) is 9.53 Å². The van der Waals surface area contributed by atoms with E-state index < -0.39 is 6.10 Å². The lowest BCUT2D eigenvalue weighted by molar-refractivity contribution is -0.132. The second-order valence-electron chi connectivity index (χ2n) is 4.23. The monoisotopic (exact) mass is 265 g/mol. The molecular weight excluding hydrogens is 246 g/mol. The number of amidine groups is 1. The van der Waals surface area contributed by atoms with Crippen molar-refractivity contribution in [2.75, 3.05) is 7.11 Å². The zero-order valence-corrected chi connectivity index (χ0v) is 11.0. The van der Waals surface area contributed by atoms with Gasteiger partial charge in [-0.05, 0) is 12.5 Å². The lowest BCUT2D eigenvalue weighted by atomic mass is 10.1. The zero-order valence-electron chi connectivity index (χ0n) is 11.0. The van der Waals surface area contributed by atoms with Gasteiger partial charge in [0.15, 0.2) is 6.10 Å². The van der Waals surface area contributed by atoms with E-state index in [1.165, 1.54) is 7.11 Å². The lowest BCUT2D eigenvalue weighted by Gasteiger charge is -2.19. The van der Waals surface area contributed by atoms with E-state index in [1.807, 2.05) is 30.3 Å². The Bertz CT molecular complexity index is 434. The minimum absolute atomic E-state index is 0.0708. The molecule has 0 aliphatic carbocycles. The van der Waals surface area contributed by atoms with Gasteiger partial charge in [-0.3, -0.25) is 4.79 Å². The molecule has 6 heteroatoms. The number of nitrogens with one attached hydrogen (secondary N) is 1. The van der Waals surface area contributed by atoms with E-state index in [-0.39, 0.29) is 24.2 Å². The minimum atomic E-state index is -0.670. The van der Waals surface area contributed by atoms with Crippen molar-refractivity contribution in [3.8, 4) is 0 Å². The minimum Gasteiger partial charge on any atom is -0.409 e. The van der Waals surface area contributed by atoms with Crippen LogP contribution in [0.1, 0.15) is 25.0 Å². The molecule has 6 nitrogen and oxygen atoms in total. The molecule has 0 aliphatic heterocycles. The van der Waals surface area contributed by atoms with Crippen molar-refractivity contribution in [2.24, 2.45) is 10.9 Å². The van der Waals surface area contributed by atoms with Crippen molar-refractivity contribution in [2.45, 2.75) is 25.5 Å². The maximum absolute atomic E-state index is 12.1. The summed E-state index contributed by atoms with van der Waals surface area (Å²) in [5, 5.41) is 14.1. The van der Waals surface area contributed by atoms with Crippen LogP contribution in [0, 0.1) is 0 Å². The largest absolute Gasteiger partial charge is 0.409 e. The molecule has 0 aromatic heterocycles. The summed E-state index contributed by atoms with van der Waals surface area (Å²) in [5.41, 5.74) is 6.16. The van der Waals surface area contributed by atoms with Gasteiger partial charge in [0.05, 0.1) is 0 Å². The first-order valence-electron chi connectivity index (χ1n) is 5.93. The lowest BCUT2D eigenvalue weighted by Crippen LogP contribution is -2.39. The summed E-state index contributed by atoms with van der Waals surface area (Å²) in [7, 11) is 1.48. The molecule has 0 saturated heterocycles. The molecular formula is C13H19N3O3. The highest BCUT2D eigenvalue weighted by Crippen LogP contribution is 2.16. The molecule has 2 unspecified atom stereocenters. The van der Waals surface area contributed by atoms with Gasteiger partial charge in [0.1, 0.15) is 5.84 Å². The van der Waals surface area contributed by atoms with Gasteiger partial charge in [-0.1, -0.05) is 35.5 Å². The van der Waals surface area contributed by atoms with Crippen LogP contribution in [0.4, 0.5) is 0 Å².